The summed E-state index contributed by atoms with van der Waals surface area (Å²) in [5, 5.41) is 6.74. The number of aromatic nitrogens is 4. The second-order valence-corrected chi connectivity index (χ2v) is 6.22. The van der Waals surface area contributed by atoms with Gasteiger partial charge in [0.1, 0.15) is 12.4 Å². The van der Waals surface area contributed by atoms with Crippen molar-refractivity contribution in [3.63, 3.8) is 0 Å². The molecule has 0 atom stereocenters. The van der Waals surface area contributed by atoms with Crippen LogP contribution in [0.1, 0.15) is 26.6 Å². The van der Waals surface area contributed by atoms with Crippen LogP contribution in [0, 0.1) is 5.41 Å². The van der Waals surface area contributed by atoms with Gasteiger partial charge in [-0.15, -0.1) is 0 Å². The smallest absolute Gasteiger partial charge is 0.324 e. The lowest BCUT2D eigenvalue weighted by molar-refractivity contribution is -0.141. The Morgan fingerprint density at radius 1 is 1.30 bits per heavy atom. The van der Waals surface area contributed by atoms with E-state index in [0.717, 1.165) is 4.57 Å². The molecule has 2 aromatic heterocycles. The summed E-state index contributed by atoms with van der Waals surface area (Å²) >= 11 is 0. The van der Waals surface area contributed by atoms with E-state index < -0.39 is 18.1 Å². The average molecular weight is 329 g/mol. The summed E-state index contributed by atoms with van der Waals surface area (Å²) in [6.07, 6.45) is 1.27. The third kappa shape index (κ3) is 4.83. The zero-order chi connectivity index (χ0) is 17.3. The number of hydrogen-bond acceptors (Lipinski definition) is 3. The lowest BCUT2D eigenvalue weighted by Crippen LogP contribution is -2.27. The topological polar surface area (TPSA) is 64.7 Å². The lowest BCUT2D eigenvalue weighted by Gasteiger charge is -2.16. The molecule has 0 aromatic carbocycles. The maximum Gasteiger partial charge on any atom is 0.406 e. The number of rotatable bonds is 4. The fourth-order valence-corrected chi connectivity index (χ4v) is 1.81. The Morgan fingerprint density at radius 3 is 2.61 bits per heavy atom. The van der Waals surface area contributed by atoms with Gasteiger partial charge in [-0.05, 0) is 0 Å². The van der Waals surface area contributed by atoms with Crippen molar-refractivity contribution in [2.45, 2.75) is 40.0 Å². The molecule has 0 aliphatic carbocycles. The van der Waals surface area contributed by atoms with Crippen molar-refractivity contribution in [1.82, 2.24) is 19.3 Å². The van der Waals surface area contributed by atoms with E-state index in [1.807, 2.05) is 0 Å². The molecule has 6 nitrogen and oxygen atoms in total. The van der Waals surface area contributed by atoms with Crippen LogP contribution in [0.5, 0.6) is 0 Å². The quantitative estimate of drug-likeness (QED) is 0.938. The van der Waals surface area contributed by atoms with E-state index in [1.165, 1.54) is 23.3 Å². The summed E-state index contributed by atoms with van der Waals surface area (Å²) in [6, 6.07) is 0. The average Bonchev–Trinajstić information content (AvgIpc) is 2.97. The molecule has 0 unspecified atom stereocenters. The Hall–Kier alpha value is -2.32. The number of hydrogen-bond donors (Lipinski definition) is 1. The Balaban J connectivity index is 2.06. The standard InChI is InChI=1S/C14H18F3N5O/c1-13(2,3)12(23)20-10-6-19-22(7-10)8-11-18-4-5-21(11)9-14(15,16)17/h4-7H,8-9H2,1-3H3,(H,20,23). The van der Waals surface area contributed by atoms with Crippen LogP contribution in [0.2, 0.25) is 0 Å². The first-order valence-corrected chi connectivity index (χ1v) is 6.95. The van der Waals surface area contributed by atoms with Crippen molar-refractivity contribution < 1.29 is 18.0 Å². The third-order valence-electron chi connectivity index (χ3n) is 3.03. The van der Waals surface area contributed by atoms with Crippen LogP contribution in [0.4, 0.5) is 18.9 Å². The molecule has 0 spiro atoms. The maximum absolute atomic E-state index is 12.5. The van der Waals surface area contributed by atoms with Crippen LogP contribution in [0.25, 0.3) is 0 Å². The highest BCUT2D eigenvalue weighted by molar-refractivity contribution is 5.94. The molecule has 0 fully saturated rings. The van der Waals surface area contributed by atoms with Crippen LogP contribution in [0.3, 0.4) is 0 Å². The fraction of sp³-hybridized carbons (Fsp3) is 0.500. The van der Waals surface area contributed by atoms with Crippen LogP contribution >= 0.6 is 0 Å². The predicted molar refractivity (Wildman–Crippen MR) is 77.7 cm³/mol. The molecule has 0 aliphatic rings. The number of anilines is 1. The maximum atomic E-state index is 12.5. The van der Waals surface area contributed by atoms with E-state index in [4.69, 9.17) is 0 Å². The minimum Gasteiger partial charge on any atom is -0.324 e. The van der Waals surface area contributed by atoms with Crippen LogP contribution in [-0.4, -0.2) is 31.4 Å². The van der Waals surface area contributed by atoms with E-state index in [2.05, 4.69) is 15.4 Å². The lowest BCUT2D eigenvalue weighted by atomic mass is 9.96. The zero-order valence-electron chi connectivity index (χ0n) is 13.1. The van der Waals surface area contributed by atoms with Gasteiger partial charge in [0.15, 0.2) is 0 Å². The molecule has 2 heterocycles. The van der Waals surface area contributed by atoms with E-state index in [9.17, 15) is 18.0 Å². The second-order valence-electron chi connectivity index (χ2n) is 6.22. The van der Waals surface area contributed by atoms with Gasteiger partial charge in [0, 0.05) is 24.0 Å². The summed E-state index contributed by atoms with van der Waals surface area (Å²) in [5.41, 5.74) is -0.0655. The molecule has 1 amide bonds. The number of nitrogens with one attached hydrogen (secondary N) is 1. The predicted octanol–water partition coefficient (Wildman–Crippen LogP) is 2.67. The van der Waals surface area contributed by atoms with Gasteiger partial charge in [-0.3, -0.25) is 9.48 Å². The summed E-state index contributed by atoms with van der Waals surface area (Å²) in [5.74, 6) is 0.0646. The van der Waals surface area contributed by atoms with Gasteiger partial charge in [-0.1, -0.05) is 20.8 Å². The highest BCUT2D eigenvalue weighted by Gasteiger charge is 2.29. The molecule has 0 radical (unpaired) electrons. The minimum absolute atomic E-state index is 0.0778. The molecule has 126 valence electrons. The highest BCUT2D eigenvalue weighted by Crippen LogP contribution is 2.19. The molecule has 2 aromatic rings. The van der Waals surface area contributed by atoms with Gasteiger partial charge in [-0.2, -0.15) is 18.3 Å². The van der Waals surface area contributed by atoms with Crippen LogP contribution < -0.4 is 5.32 Å². The normalized spacial score (nSPS) is 12.4. The Morgan fingerprint density at radius 2 is 2.00 bits per heavy atom. The zero-order valence-corrected chi connectivity index (χ0v) is 13.1. The van der Waals surface area contributed by atoms with Crippen molar-refractivity contribution in [2.24, 2.45) is 5.41 Å². The second kappa shape index (κ2) is 6.05. The number of imidazole rings is 1. The molecule has 23 heavy (non-hydrogen) atoms. The number of nitrogens with zero attached hydrogens (tertiary/aromatic N) is 4. The summed E-state index contributed by atoms with van der Waals surface area (Å²) < 4.78 is 39.9. The van der Waals surface area contributed by atoms with Crippen molar-refractivity contribution in [2.75, 3.05) is 5.32 Å². The molecule has 0 bridgehead atoms. The summed E-state index contributed by atoms with van der Waals surface area (Å²) in [7, 11) is 0. The van der Waals surface area contributed by atoms with Crippen molar-refractivity contribution in [1.29, 1.82) is 0 Å². The Labute approximate surface area is 131 Å². The largest absolute Gasteiger partial charge is 0.406 e. The van der Waals surface area contributed by atoms with Crippen LogP contribution in [-0.2, 0) is 17.9 Å². The first-order chi connectivity index (χ1) is 10.5. The minimum atomic E-state index is -4.31. The number of carbonyl (C=O) groups is 1. The molecular formula is C14H18F3N5O. The molecule has 9 heteroatoms. The molecule has 0 saturated carbocycles. The van der Waals surface area contributed by atoms with Crippen molar-refractivity contribution in [3.05, 3.63) is 30.6 Å². The Bertz CT molecular complexity index is 681. The number of amides is 1. The number of halogens is 3. The first-order valence-electron chi connectivity index (χ1n) is 6.95. The number of carbonyl (C=O) groups excluding carboxylic acids is 1. The van der Waals surface area contributed by atoms with Crippen molar-refractivity contribution in [3.8, 4) is 0 Å². The molecule has 2 rings (SSSR count). The monoisotopic (exact) mass is 329 g/mol. The number of alkyl halides is 3. The molecular weight excluding hydrogens is 311 g/mol. The molecule has 0 aliphatic heterocycles. The van der Waals surface area contributed by atoms with E-state index >= 15 is 0 Å². The fourth-order valence-electron chi connectivity index (χ4n) is 1.81. The van der Waals surface area contributed by atoms with Gasteiger partial charge in [-0.25, -0.2) is 4.98 Å². The van der Waals surface area contributed by atoms with Gasteiger partial charge in [0.25, 0.3) is 0 Å². The SMILES string of the molecule is CC(C)(C)C(=O)Nc1cnn(Cc2nccn2CC(F)(F)F)c1. The molecule has 0 saturated heterocycles. The van der Waals surface area contributed by atoms with E-state index in [-0.39, 0.29) is 18.3 Å². The van der Waals surface area contributed by atoms with Crippen molar-refractivity contribution >= 4 is 11.6 Å². The third-order valence-corrected chi connectivity index (χ3v) is 3.03. The molecule has 1 N–H and O–H groups in total. The first kappa shape index (κ1) is 17.0. The highest BCUT2D eigenvalue weighted by atomic mass is 19.4. The van der Waals surface area contributed by atoms with E-state index in [1.54, 1.807) is 27.0 Å². The van der Waals surface area contributed by atoms with Gasteiger partial charge in [0.2, 0.25) is 5.91 Å². The van der Waals surface area contributed by atoms with E-state index in [0.29, 0.717) is 5.69 Å². The van der Waals surface area contributed by atoms with Gasteiger partial charge in [0.05, 0.1) is 18.4 Å². The van der Waals surface area contributed by atoms with Crippen LogP contribution in [0.15, 0.2) is 24.8 Å². The Kier molecular flexibility index (Phi) is 4.49. The summed E-state index contributed by atoms with van der Waals surface area (Å²) in [6.45, 7) is 4.31. The van der Waals surface area contributed by atoms with Gasteiger partial charge >= 0.3 is 6.18 Å². The summed E-state index contributed by atoms with van der Waals surface area (Å²) in [4.78, 5) is 15.8. The van der Waals surface area contributed by atoms with Gasteiger partial charge < -0.3 is 9.88 Å².